The quantitative estimate of drug-likeness (QED) is 0.878. The third-order valence-electron chi connectivity index (χ3n) is 4.55. The molecule has 1 N–H and O–H groups in total. The summed E-state index contributed by atoms with van der Waals surface area (Å²) in [4.78, 5) is 2.69. The molecule has 1 aromatic carbocycles. The maximum absolute atomic E-state index is 3.69. The Bertz CT molecular complexity index is 450. The first-order valence-corrected chi connectivity index (χ1v) is 8.74. The first-order valence-electron chi connectivity index (χ1n) is 7.95. The van der Waals surface area contributed by atoms with E-state index in [1.165, 1.54) is 60.8 Å². The van der Waals surface area contributed by atoms with Crippen LogP contribution in [0.5, 0.6) is 0 Å². The van der Waals surface area contributed by atoms with E-state index < -0.39 is 0 Å². The smallest absolute Gasteiger partial charge is 0.0237 e. The Kier molecular flexibility index (Phi) is 4.79. The minimum atomic E-state index is 0.707. The molecule has 1 aromatic rings. The summed E-state index contributed by atoms with van der Waals surface area (Å²) in [6, 6.07) is 8.34. The Balaban J connectivity index is 1.62. The van der Waals surface area contributed by atoms with E-state index in [0.717, 1.165) is 12.6 Å². The lowest BCUT2D eigenvalue weighted by Crippen LogP contribution is -2.44. The second kappa shape index (κ2) is 6.59. The van der Waals surface area contributed by atoms with Gasteiger partial charge in [-0.2, -0.15) is 0 Å². The summed E-state index contributed by atoms with van der Waals surface area (Å²) in [6.45, 7) is 5.68. The molecule has 0 bridgehead atoms. The topological polar surface area (TPSA) is 15.3 Å². The summed E-state index contributed by atoms with van der Waals surface area (Å²) in [5.74, 6) is 0. The minimum Gasteiger partial charge on any atom is -0.313 e. The van der Waals surface area contributed by atoms with Crippen molar-refractivity contribution in [3.8, 4) is 0 Å². The molecule has 1 aliphatic heterocycles. The molecular weight excluding hydrogens is 312 g/mol. The predicted molar refractivity (Wildman–Crippen MR) is 88.0 cm³/mol. The van der Waals surface area contributed by atoms with Crippen molar-refractivity contribution >= 4 is 15.9 Å². The highest BCUT2D eigenvalue weighted by molar-refractivity contribution is 9.10. The zero-order chi connectivity index (χ0) is 13.9. The highest BCUT2D eigenvalue weighted by atomic mass is 79.9. The van der Waals surface area contributed by atoms with E-state index >= 15 is 0 Å². The fourth-order valence-electron chi connectivity index (χ4n) is 3.11. The van der Waals surface area contributed by atoms with E-state index in [2.05, 4.69) is 51.3 Å². The summed E-state index contributed by atoms with van der Waals surface area (Å²) in [5.41, 5.74) is 2.76. The molecule has 2 fully saturated rings. The summed E-state index contributed by atoms with van der Waals surface area (Å²) in [7, 11) is 0. The highest BCUT2D eigenvalue weighted by Crippen LogP contribution is 2.30. The van der Waals surface area contributed by atoms with Crippen LogP contribution in [0.4, 0.5) is 0 Å². The third kappa shape index (κ3) is 3.84. The fourth-order valence-corrected chi connectivity index (χ4v) is 3.54. The van der Waals surface area contributed by atoms with Crippen LogP contribution in [0.1, 0.15) is 43.2 Å². The first kappa shape index (κ1) is 14.6. The average Bonchev–Trinajstić information content (AvgIpc) is 3.28. The van der Waals surface area contributed by atoms with Crippen molar-refractivity contribution in [1.29, 1.82) is 0 Å². The largest absolute Gasteiger partial charge is 0.313 e. The molecule has 2 nitrogen and oxygen atoms in total. The van der Waals surface area contributed by atoms with Gasteiger partial charge in [0.05, 0.1) is 0 Å². The van der Waals surface area contributed by atoms with E-state index in [-0.39, 0.29) is 0 Å². The number of rotatable bonds is 5. The third-order valence-corrected chi connectivity index (χ3v) is 5.41. The molecule has 3 rings (SSSR count). The van der Waals surface area contributed by atoms with Crippen molar-refractivity contribution in [2.75, 3.05) is 13.1 Å². The van der Waals surface area contributed by atoms with Crippen LogP contribution in [0.15, 0.2) is 22.7 Å². The summed E-state index contributed by atoms with van der Waals surface area (Å²) >= 11 is 3.66. The number of piperidine rings is 1. The number of hydrogen-bond acceptors (Lipinski definition) is 2. The lowest BCUT2D eigenvalue weighted by molar-refractivity contribution is 0.208. The van der Waals surface area contributed by atoms with Gasteiger partial charge in [0.15, 0.2) is 0 Å². The number of hydrogen-bond donors (Lipinski definition) is 1. The molecule has 0 amide bonds. The Morgan fingerprint density at radius 1 is 1.25 bits per heavy atom. The van der Waals surface area contributed by atoms with E-state index in [9.17, 15) is 0 Å². The predicted octanol–water partition coefficient (Wildman–Crippen LogP) is 3.86. The molecule has 2 aliphatic rings. The van der Waals surface area contributed by atoms with Gasteiger partial charge in [0, 0.05) is 29.6 Å². The van der Waals surface area contributed by atoms with Crippen molar-refractivity contribution in [1.82, 2.24) is 10.2 Å². The van der Waals surface area contributed by atoms with Crippen LogP contribution >= 0.6 is 15.9 Å². The van der Waals surface area contributed by atoms with Gasteiger partial charge in [0.25, 0.3) is 0 Å². The molecule has 1 aliphatic carbocycles. The molecule has 3 heteroatoms. The Morgan fingerprint density at radius 2 is 2.10 bits per heavy atom. The monoisotopic (exact) mass is 336 g/mol. The zero-order valence-electron chi connectivity index (χ0n) is 12.4. The molecule has 0 spiro atoms. The van der Waals surface area contributed by atoms with Crippen molar-refractivity contribution in [2.24, 2.45) is 0 Å². The number of aryl methyl sites for hydroxylation is 1. The number of halogens is 1. The molecule has 1 unspecified atom stereocenters. The van der Waals surface area contributed by atoms with Gasteiger partial charge in [-0.05, 0) is 56.3 Å². The second-order valence-electron chi connectivity index (χ2n) is 6.39. The van der Waals surface area contributed by atoms with Crippen molar-refractivity contribution in [3.05, 3.63) is 33.8 Å². The van der Waals surface area contributed by atoms with Crippen LogP contribution in [-0.2, 0) is 6.54 Å². The Labute approximate surface area is 131 Å². The van der Waals surface area contributed by atoms with E-state index in [4.69, 9.17) is 0 Å². The van der Waals surface area contributed by atoms with Gasteiger partial charge in [0.1, 0.15) is 0 Å². The SMILES string of the molecule is Cc1ccc(CN(CC2CCCCN2)C2CC2)cc1Br. The maximum Gasteiger partial charge on any atom is 0.0237 e. The minimum absolute atomic E-state index is 0.707. The average molecular weight is 337 g/mol. The fraction of sp³-hybridized carbons (Fsp3) is 0.647. The van der Waals surface area contributed by atoms with Crippen LogP contribution in [0.25, 0.3) is 0 Å². The van der Waals surface area contributed by atoms with Crippen molar-refractivity contribution in [2.45, 2.75) is 57.7 Å². The molecule has 1 heterocycles. The molecule has 110 valence electrons. The summed E-state index contributed by atoms with van der Waals surface area (Å²) in [6.07, 6.45) is 6.87. The van der Waals surface area contributed by atoms with Crippen LogP contribution in [0, 0.1) is 6.92 Å². The number of nitrogens with one attached hydrogen (secondary N) is 1. The van der Waals surface area contributed by atoms with Crippen LogP contribution < -0.4 is 5.32 Å². The molecule has 1 saturated heterocycles. The van der Waals surface area contributed by atoms with Gasteiger partial charge >= 0.3 is 0 Å². The molecule has 1 atom stereocenters. The van der Waals surface area contributed by atoms with Gasteiger partial charge in [-0.15, -0.1) is 0 Å². The van der Waals surface area contributed by atoms with Gasteiger partial charge in [0.2, 0.25) is 0 Å². The zero-order valence-corrected chi connectivity index (χ0v) is 14.0. The molecule has 1 saturated carbocycles. The molecule has 0 aromatic heterocycles. The summed E-state index contributed by atoms with van der Waals surface area (Å²) < 4.78 is 1.24. The molecule has 20 heavy (non-hydrogen) atoms. The lowest BCUT2D eigenvalue weighted by atomic mass is 10.0. The summed E-state index contributed by atoms with van der Waals surface area (Å²) in [5, 5.41) is 3.69. The normalized spacial score (nSPS) is 23.2. The highest BCUT2D eigenvalue weighted by Gasteiger charge is 2.30. The van der Waals surface area contributed by atoms with E-state index in [1.807, 2.05) is 0 Å². The first-order chi connectivity index (χ1) is 9.72. The van der Waals surface area contributed by atoms with Crippen LogP contribution in [0.2, 0.25) is 0 Å². The maximum atomic E-state index is 3.69. The lowest BCUT2D eigenvalue weighted by Gasteiger charge is -2.30. The van der Waals surface area contributed by atoms with Crippen molar-refractivity contribution in [3.63, 3.8) is 0 Å². The Morgan fingerprint density at radius 3 is 2.75 bits per heavy atom. The second-order valence-corrected chi connectivity index (χ2v) is 7.25. The number of nitrogens with zero attached hydrogens (tertiary/aromatic N) is 1. The Hall–Kier alpha value is -0.380. The van der Waals surface area contributed by atoms with Crippen LogP contribution in [0.3, 0.4) is 0 Å². The van der Waals surface area contributed by atoms with Crippen LogP contribution in [-0.4, -0.2) is 30.1 Å². The van der Waals surface area contributed by atoms with Gasteiger partial charge < -0.3 is 5.32 Å². The number of benzene rings is 1. The molecular formula is C17H25BrN2. The van der Waals surface area contributed by atoms with Gasteiger partial charge in [-0.25, -0.2) is 0 Å². The van der Waals surface area contributed by atoms with Gasteiger partial charge in [-0.1, -0.05) is 34.5 Å². The van der Waals surface area contributed by atoms with E-state index in [0.29, 0.717) is 6.04 Å². The van der Waals surface area contributed by atoms with Crippen molar-refractivity contribution < 1.29 is 0 Å². The van der Waals surface area contributed by atoms with E-state index in [1.54, 1.807) is 0 Å². The van der Waals surface area contributed by atoms with Gasteiger partial charge in [-0.3, -0.25) is 4.90 Å². The standard InChI is InChI=1S/C17H25BrN2/c1-13-5-6-14(10-17(13)18)11-20(16-7-8-16)12-15-4-2-3-9-19-15/h5-6,10,15-16,19H,2-4,7-9,11-12H2,1H3. The molecule has 0 radical (unpaired) electrons.